The number of rotatable bonds is 7. The van der Waals surface area contributed by atoms with E-state index >= 15 is 0 Å². The first-order chi connectivity index (χ1) is 10.2. The fraction of sp³-hybridized carbons (Fsp3) is 0.231. The Morgan fingerprint density at radius 2 is 2.14 bits per heavy atom. The summed E-state index contributed by atoms with van der Waals surface area (Å²) in [6.07, 6.45) is 1.32. The van der Waals surface area contributed by atoms with Gasteiger partial charge < -0.3 is 15.8 Å². The molecule has 0 aliphatic carbocycles. The van der Waals surface area contributed by atoms with Gasteiger partial charge in [-0.15, -0.1) is 5.11 Å². The number of aromatic amines is 1. The molecule has 0 spiro atoms. The first-order valence-corrected chi connectivity index (χ1v) is 6.35. The molecule has 0 saturated heterocycles. The number of carbonyl (C=O) groups is 1. The van der Waals surface area contributed by atoms with Crippen molar-refractivity contribution in [2.75, 3.05) is 13.2 Å². The summed E-state index contributed by atoms with van der Waals surface area (Å²) in [5.41, 5.74) is 6.31. The van der Waals surface area contributed by atoms with Crippen LogP contribution in [-0.4, -0.2) is 39.1 Å². The van der Waals surface area contributed by atoms with E-state index < -0.39 is 5.91 Å². The van der Waals surface area contributed by atoms with Gasteiger partial charge in [-0.25, -0.2) is 4.98 Å². The van der Waals surface area contributed by atoms with Crippen molar-refractivity contribution < 1.29 is 9.90 Å². The Morgan fingerprint density at radius 1 is 1.38 bits per heavy atom. The molecule has 0 saturated carbocycles. The Morgan fingerprint density at radius 3 is 2.81 bits per heavy atom. The smallest absolute Gasteiger partial charge is 0.269 e. The number of hydrogen-bond acceptors (Lipinski definition) is 5. The molecular formula is C13H16N6O2. The van der Waals surface area contributed by atoms with Crippen LogP contribution in [0.4, 0.5) is 5.82 Å². The summed E-state index contributed by atoms with van der Waals surface area (Å²) < 4.78 is 0. The number of nitrogens with two attached hydrogens (primary N) is 1. The Bertz CT molecular complexity index is 610. The van der Waals surface area contributed by atoms with Crippen molar-refractivity contribution in [3.63, 3.8) is 0 Å². The van der Waals surface area contributed by atoms with Crippen LogP contribution < -0.4 is 5.73 Å². The van der Waals surface area contributed by atoms with E-state index in [2.05, 4.69) is 20.3 Å². The zero-order valence-corrected chi connectivity index (χ0v) is 11.3. The number of aliphatic hydroxyl groups is 1. The lowest BCUT2D eigenvalue weighted by Gasteiger charge is -2.16. The summed E-state index contributed by atoms with van der Waals surface area (Å²) in [6.45, 7) is 0.741. The summed E-state index contributed by atoms with van der Waals surface area (Å²) in [7, 11) is 0. The van der Waals surface area contributed by atoms with Crippen LogP contribution in [-0.2, 0) is 6.54 Å². The fourth-order valence-electron chi connectivity index (χ4n) is 1.71. The first-order valence-electron chi connectivity index (χ1n) is 6.35. The van der Waals surface area contributed by atoms with Crippen LogP contribution in [0.25, 0.3) is 0 Å². The molecule has 1 heterocycles. The normalized spacial score (nSPS) is 10.9. The number of nitrogens with one attached hydrogen (secondary N) is 1. The SMILES string of the molecule is NC(=O)c1[nH]cnc1/N=N/N(CCO)Cc1ccccc1. The van der Waals surface area contributed by atoms with Crippen LogP contribution in [0.15, 0.2) is 47.0 Å². The lowest BCUT2D eigenvalue weighted by molar-refractivity contribution is 0.0996. The summed E-state index contributed by atoms with van der Waals surface area (Å²) in [4.78, 5) is 17.6. The molecule has 0 fully saturated rings. The van der Waals surface area contributed by atoms with E-state index in [9.17, 15) is 4.79 Å². The van der Waals surface area contributed by atoms with Crippen LogP contribution in [0.1, 0.15) is 16.1 Å². The minimum absolute atomic E-state index is 0.0604. The van der Waals surface area contributed by atoms with E-state index in [1.54, 1.807) is 5.01 Å². The number of imidazole rings is 1. The molecule has 110 valence electrons. The largest absolute Gasteiger partial charge is 0.394 e. The summed E-state index contributed by atoms with van der Waals surface area (Å²) >= 11 is 0. The van der Waals surface area contributed by atoms with Gasteiger partial charge in [-0.2, -0.15) is 0 Å². The third kappa shape index (κ3) is 4.11. The standard InChI is InChI=1S/C13H16N6O2/c14-12(21)11-13(16-9-15-11)17-18-19(6-7-20)8-10-4-2-1-3-5-10/h1-5,9,20H,6-8H2,(H2,14,21)(H,15,16)/b18-17+. The number of benzene rings is 1. The molecule has 1 aromatic heterocycles. The van der Waals surface area contributed by atoms with Crippen molar-refractivity contribution in [2.45, 2.75) is 6.54 Å². The first kappa shape index (κ1) is 14.7. The van der Waals surface area contributed by atoms with Crippen molar-refractivity contribution in [3.05, 3.63) is 47.9 Å². The highest BCUT2D eigenvalue weighted by atomic mass is 16.3. The minimum Gasteiger partial charge on any atom is -0.394 e. The highest BCUT2D eigenvalue weighted by Gasteiger charge is 2.11. The molecule has 2 aromatic rings. The van der Waals surface area contributed by atoms with E-state index in [1.165, 1.54) is 6.33 Å². The molecule has 0 atom stereocenters. The number of hydrogen-bond donors (Lipinski definition) is 3. The quantitative estimate of drug-likeness (QED) is 0.520. The van der Waals surface area contributed by atoms with E-state index in [0.29, 0.717) is 13.1 Å². The van der Waals surface area contributed by atoms with E-state index in [1.807, 2.05) is 30.3 Å². The van der Waals surface area contributed by atoms with Crippen LogP contribution in [0.5, 0.6) is 0 Å². The Hall–Kier alpha value is -2.74. The molecule has 0 aliphatic heterocycles. The number of amides is 1. The van der Waals surface area contributed by atoms with Gasteiger partial charge in [-0.05, 0) is 5.56 Å². The third-order valence-electron chi connectivity index (χ3n) is 2.70. The molecule has 8 nitrogen and oxygen atoms in total. The highest BCUT2D eigenvalue weighted by molar-refractivity contribution is 5.94. The summed E-state index contributed by atoms with van der Waals surface area (Å²) in [5, 5.41) is 18.6. The van der Waals surface area contributed by atoms with Gasteiger partial charge in [0.15, 0.2) is 5.69 Å². The summed E-state index contributed by atoms with van der Waals surface area (Å²) in [5.74, 6) is -0.531. The van der Waals surface area contributed by atoms with Crippen LogP contribution in [0.2, 0.25) is 0 Å². The zero-order chi connectivity index (χ0) is 15.1. The van der Waals surface area contributed by atoms with E-state index in [-0.39, 0.29) is 18.1 Å². The fourth-order valence-corrected chi connectivity index (χ4v) is 1.71. The third-order valence-corrected chi connectivity index (χ3v) is 2.70. The zero-order valence-electron chi connectivity index (χ0n) is 11.3. The molecule has 8 heteroatoms. The van der Waals surface area contributed by atoms with Gasteiger partial charge in [0.2, 0.25) is 5.82 Å². The van der Waals surface area contributed by atoms with Crippen molar-refractivity contribution >= 4 is 11.7 Å². The number of aliphatic hydroxyl groups excluding tert-OH is 1. The van der Waals surface area contributed by atoms with E-state index in [0.717, 1.165) is 5.56 Å². The Balaban J connectivity index is 2.10. The molecule has 0 bridgehead atoms. The van der Waals surface area contributed by atoms with Gasteiger partial charge in [0.05, 0.1) is 26.0 Å². The molecule has 0 aliphatic rings. The van der Waals surface area contributed by atoms with Gasteiger partial charge in [-0.1, -0.05) is 35.6 Å². The molecule has 4 N–H and O–H groups in total. The maximum absolute atomic E-state index is 11.1. The molecule has 1 amide bonds. The maximum Gasteiger partial charge on any atom is 0.269 e. The second kappa shape index (κ2) is 7.15. The predicted molar refractivity (Wildman–Crippen MR) is 75.6 cm³/mol. The van der Waals surface area contributed by atoms with Crippen LogP contribution in [0, 0.1) is 0 Å². The predicted octanol–water partition coefficient (Wildman–Crippen LogP) is 1.00. The van der Waals surface area contributed by atoms with Gasteiger partial charge in [0.1, 0.15) is 0 Å². The number of nitrogens with zero attached hydrogens (tertiary/aromatic N) is 4. The highest BCUT2D eigenvalue weighted by Crippen LogP contribution is 2.14. The van der Waals surface area contributed by atoms with Crippen LogP contribution >= 0.6 is 0 Å². The van der Waals surface area contributed by atoms with Crippen LogP contribution in [0.3, 0.4) is 0 Å². The van der Waals surface area contributed by atoms with Crippen molar-refractivity contribution in [3.8, 4) is 0 Å². The molecule has 2 rings (SSSR count). The second-order valence-corrected chi connectivity index (χ2v) is 4.25. The van der Waals surface area contributed by atoms with Crippen molar-refractivity contribution in [1.29, 1.82) is 0 Å². The van der Waals surface area contributed by atoms with Gasteiger partial charge in [0, 0.05) is 0 Å². The minimum atomic E-state index is -0.654. The number of carbonyl (C=O) groups excluding carboxylic acids is 1. The monoisotopic (exact) mass is 288 g/mol. The number of H-pyrrole nitrogens is 1. The second-order valence-electron chi connectivity index (χ2n) is 4.25. The molecule has 1 aromatic carbocycles. The van der Waals surface area contributed by atoms with Gasteiger partial charge >= 0.3 is 0 Å². The average molecular weight is 288 g/mol. The molecule has 21 heavy (non-hydrogen) atoms. The number of primary amides is 1. The topological polar surface area (TPSA) is 120 Å². The van der Waals surface area contributed by atoms with Gasteiger partial charge in [-0.3, -0.25) is 9.80 Å². The Kier molecular flexibility index (Phi) is 4.99. The lowest BCUT2D eigenvalue weighted by atomic mass is 10.2. The summed E-state index contributed by atoms with van der Waals surface area (Å²) in [6, 6.07) is 9.65. The molecule has 0 radical (unpaired) electrons. The molecular weight excluding hydrogens is 272 g/mol. The average Bonchev–Trinajstić information content (AvgIpc) is 2.95. The van der Waals surface area contributed by atoms with Gasteiger partial charge in [0.25, 0.3) is 5.91 Å². The van der Waals surface area contributed by atoms with Crippen molar-refractivity contribution in [2.24, 2.45) is 16.1 Å². The molecule has 0 unspecified atom stereocenters. The maximum atomic E-state index is 11.1. The lowest BCUT2D eigenvalue weighted by Crippen LogP contribution is -2.20. The van der Waals surface area contributed by atoms with E-state index in [4.69, 9.17) is 10.8 Å². The van der Waals surface area contributed by atoms with Crippen molar-refractivity contribution in [1.82, 2.24) is 15.0 Å². The number of aromatic nitrogens is 2. The Labute approximate surface area is 121 Å².